The number of benzene rings is 2. The highest BCUT2D eigenvalue weighted by Crippen LogP contribution is 2.42. The molecule has 4 rings (SSSR count). The van der Waals surface area contributed by atoms with Gasteiger partial charge in [0.15, 0.2) is 35.4 Å². The van der Waals surface area contributed by atoms with E-state index in [4.69, 9.17) is 33.2 Å². The first kappa shape index (κ1) is 27.2. The van der Waals surface area contributed by atoms with Crippen molar-refractivity contribution in [2.75, 3.05) is 27.9 Å². The third-order valence-corrected chi connectivity index (χ3v) is 6.35. The lowest BCUT2D eigenvalue weighted by Crippen LogP contribution is -2.50. The molecule has 0 bridgehead atoms. The number of aryl methyl sites for hydroxylation is 1. The van der Waals surface area contributed by atoms with E-state index in [1.807, 2.05) is 12.1 Å². The molecule has 4 N–H and O–H groups in total. The number of fused-ring (bicyclic) bond motifs is 1. The van der Waals surface area contributed by atoms with Gasteiger partial charge in [-0.2, -0.15) is 0 Å². The van der Waals surface area contributed by atoms with E-state index in [1.54, 1.807) is 6.07 Å². The third kappa shape index (κ3) is 5.71. The van der Waals surface area contributed by atoms with E-state index in [1.165, 1.54) is 33.5 Å². The largest absolute Gasteiger partial charge is 0.493 e. The predicted octanol–water partition coefficient (Wildman–Crippen LogP) is 1.32. The Kier molecular flexibility index (Phi) is 8.63. The highest BCUT2D eigenvalue weighted by atomic mass is 16.8. The molecule has 204 valence electrons. The Labute approximate surface area is 215 Å². The van der Waals surface area contributed by atoms with Gasteiger partial charge in [-0.25, -0.2) is 0 Å². The zero-order chi connectivity index (χ0) is 26.7. The molecule has 7 atom stereocenters. The summed E-state index contributed by atoms with van der Waals surface area (Å²) in [5.74, 6) is 1.55. The molecule has 2 heterocycles. The van der Waals surface area contributed by atoms with E-state index < -0.39 is 49.7 Å². The Hall–Kier alpha value is -2.80. The van der Waals surface area contributed by atoms with Crippen LogP contribution in [-0.4, -0.2) is 85.4 Å². The van der Waals surface area contributed by atoms with Crippen molar-refractivity contribution >= 4 is 0 Å². The summed E-state index contributed by atoms with van der Waals surface area (Å²) >= 11 is 0. The topological polar surface area (TPSA) is 149 Å². The summed E-state index contributed by atoms with van der Waals surface area (Å²) in [6, 6.07) is 8.28. The second-order valence-corrected chi connectivity index (χ2v) is 8.85. The fourth-order valence-electron chi connectivity index (χ4n) is 4.27. The van der Waals surface area contributed by atoms with Gasteiger partial charge < -0.3 is 53.6 Å². The number of aliphatic hydroxyl groups is 4. The van der Waals surface area contributed by atoms with E-state index in [2.05, 4.69) is 6.92 Å². The second-order valence-electron chi connectivity index (χ2n) is 8.85. The number of epoxide rings is 1. The first-order valence-corrected chi connectivity index (χ1v) is 12.1. The molecule has 2 aliphatic heterocycles. The highest BCUT2D eigenvalue weighted by molar-refractivity contribution is 5.54. The van der Waals surface area contributed by atoms with Crippen molar-refractivity contribution < 1.29 is 53.6 Å². The van der Waals surface area contributed by atoms with Crippen LogP contribution in [0.25, 0.3) is 0 Å². The van der Waals surface area contributed by atoms with Crippen LogP contribution in [-0.2, 0) is 15.9 Å². The molecule has 0 saturated carbocycles. The molecular formula is C26H34O11. The van der Waals surface area contributed by atoms with E-state index in [-0.39, 0.29) is 17.2 Å². The van der Waals surface area contributed by atoms with Crippen LogP contribution in [0.2, 0.25) is 0 Å². The highest BCUT2D eigenvalue weighted by Gasteiger charge is 2.57. The van der Waals surface area contributed by atoms with Gasteiger partial charge >= 0.3 is 0 Å². The molecule has 0 aromatic heterocycles. The van der Waals surface area contributed by atoms with E-state index in [0.717, 1.165) is 18.4 Å². The first-order valence-electron chi connectivity index (χ1n) is 12.1. The summed E-state index contributed by atoms with van der Waals surface area (Å²) in [5.41, 5.74) is 1.38. The molecule has 2 fully saturated rings. The zero-order valence-corrected chi connectivity index (χ0v) is 21.2. The molecule has 2 saturated heterocycles. The average molecular weight is 523 g/mol. The summed E-state index contributed by atoms with van der Waals surface area (Å²) in [6.45, 7) is 1.56. The molecule has 37 heavy (non-hydrogen) atoms. The van der Waals surface area contributed by atoms with Crippen LogP contribution in [0, 0.1) is 0 Å². The molecular weight excluding hydrogens is 488 g/mol. The number of ether oxygens (including phenoxy) is 7. The normalized spacial score (nSPS) is 26.0. The molecule has 7 unspecified atom stereocenters. The number of rotatable bonds is 12. The molecule has 0 radical (unpaired) electrons. The molecule has 2 aromatic carbocycles. The standard InChI is InChI=1S/C26H34O11/c1-5-6-13-9-17(32-3)23(18(10-13)33-4)34-19(12-27)20(28)14-7-8-15(16(11-14)31-2)35-25-22(30)21(29)24-26(36-24)37-25/h7-11,19-22,24-30H,5-6,12H2,1-4H3. The maximum atomic E-state index is 11.1. The summed E-state index contributed by atoms with van der Waals surface area (Å²) in [5, 5.41) is 41.4. The number of hydrogen-bond donors (Lipinski definition) is 4. The molecule has 0 amide bonds. The minimum Gasteiger partial charge on any atom is -0.493 e. The second kappa shape index (κ2) is 11.7. The van der Waals surface area contributed by atoms with Crippen LogP contribution in [0.3, 0.4) is 0 Å². The van der Waals surface area contributed by atoms with Crippen molar-refractivity contribution in [1.82, 2.24) is 0 Å². The summed E-state index contributed by atoms with van der Waals surface area (Å²) in [4.78, 5) is 0. The van der Waals surface area contributed by atoms with Crippen molar-refractivity contribution in [2.24, 2.45) is 0 Å². The summed E-state index contributed by atoms with van der Waals surface area (Å²) < 4.78 is 38.8. The van der Waals surface area contributed by atoms with Crippen LogP contribution >= 0.6 is 0 Å². The lowest BCUT2D eigenvalue weighted by Gasteiger charge is -2.30. The Morgan fingerprint density at radius 1 is 0.892 bits per heavy atom. The van der Waals surface area contributed by atoms with Crippen molar-refractivity contribution in [3.05, 3.63) is 41.5 Å². The summed E-state index contributed by atoms with van der Waals surface area (Å²) in [6.07, 6.45) is -5.41. The fraction of sp³-hybridized carbons (Fsp3) is 0.538. The Morgan fingerprint density at radius 2 is 1.57 bits per heavy atom. The minimum absolute atomic E-state index is 0.213. The van der Waals surface area contributed by atoms with Crippen LogP contribution in [0.4, 0.5) is 0 Å². The lowest BCUT2D eigenvalue weighted by atomic mass is 10.0. The minimum atomic E-state index is -1.32. The van der Waals surface area contributed by atoms with Crippen molar-refractivity contribution in [2.45, 2.75) is 62.9 Å². The van der Waals surface area contributed by atoms with Crippen LogP contribution in [0.1, 0.15) is 30.6 Å². The van der Waals surface area contributed by atoms with Gasteiger partial charge in [-0.3, -0.25) is 0 Å². The molecule has 11 heteroatoms. The van der Waals surface area contributed by atoms with Gasteiger partial charge in [-0.05, 0) is 41.8 Å². The van der Waals surface area contributed by atoms with Gasteiger partial charge in [0.25, 0.3) is 0 Å². The van der Waals surface area contributed by atoms with Crippen LogP contribution in [0.15, 0.2) is 30.3 Å². The lowest BCUT2D eigenvalue weighted by molar-refractivity contribution is -0.207. The quantitative estimate of drug-likeness (QED) is 0.299. The van der Waals surface area contributed by atoms with E-state index >= 15 is 0 Å². The predicted molar refractivity (Wildman–Crippen MR) is 129 cm³/mol. The Balaban J connectivity index is 1.53. The smallest absolute Gasteiger partial charge is 0.231 e. The van der Waals surface area contributed by atoms with Crippen LogP contribution in [0.5, 0.6) is 28.7 Å². The third-order valence-electron chi connectivity index (χ3n) is 6.35. The van der Waals surface area contributed by atoms with Gasteiger partial charge in [-0.1, -0.05) is 19.4 Å². The van der Waals surface area contributed by atoms with Gasteiger partial charge in [0, 0.05) is 0 Å². The fourth-order valence-corrected chi connectivity index (χ4v) is 4.27. The van der Waals surface area contributed by atoms with Crippen molar-refractivity contribution in [3.63, 3.8) is 0 Å². The number of hydrogen-bond acceptors (Lipinski definition) is 11. The Bertz CT molecular complexity index is 1040. The molecule has 2 aromatic rings. The van der Waals surface area contributed by atoms with Crippen LogP contribution < -0.4 is 23.7 Å². The van der Waals surface area contributed by atoms with Gasteiger partial charge in [-0.15, -0.1) is 0 Å². The first-order chi connectivity index (χ1) is 17.8. The van der Waals surface area contributed by atoms with Crippen molar-refractivity contribution in [1.29, 1.82) is 0 Å². The molecule has 11 nitrogen and oxygen atoms in total. The number of aliphatic hydroxyl groups excluding tert-OH is 4. The average Bonchev–Trinajstić information content (AvgIpc) is 3.70. The summed E-state index contributed by atoms with van der Waals surface area (Å²) in [7, 11) is 4.43. The zero-order valence-electron chi connectivity index (χ0n) is 21.2. The van der Waals surface area contributed by atoms with E-state index in [9.17, 15) is 20.4 Å². The number of methoxy groups -OCH3 is 3. The monoisotopic (exact) mass is 522 g/mol. The maximum absolute atomic E-state index is 11.1. The van der Waals surface area contributed by atoms with Gasteiger partial charge in [0.2, 0.25) is 12.0 Å². The maximum Gasteiger partial charge on any atom is 0.231 e. The molecule has 0 aliphatic carbocycles. The van der Waals surface area contributed by atoms with Gasteiger partial charge in [0.1, 0.15) is 24.4 Å². The Morgan fingerprint density at radius 3 is 2.16 bits per heavy atom. The van der Waals surface area contributed by atoms with Gasteiger partial charge in [0.05, 0.1) is 27.9 Å². The SMILES string of the molecule is CCCc1cc(OC)c(OC(CO)C(O)c2ccc(OC3OC4OC4C(O)C3O)c(OC)c2)c(OC)c1. The van der Waals surface area contributed by atoms with E-state index in [0.29, 0.717) is 17.1 Å². The van der Waals surface area contributed by atoms with Crippen molar-refractivity contribution in [3.8, 4) is 28.7 Å². The molecule has 0 spiro atoms. The molecule has 2 aliphatic rings.